The molecule has 0 fully saturated rings. The van der Waals surface area contributed by atoms with E-state index >= 15 is 0 Å². The van der Waals surface area contributed by atoms with Crippen LogP contribution >= 0.6 is 15.9 Å². The Morgan fingerprint density at radius 3 is 2.52 bits per heavy atom. The number of nitrogens with zero attached hydrogens (tertiary/aromatic N) is 2. The van der Waals surface area contributed by atoms with Gasteiger partial charge in [-0.1, -0.05) is 31.5 Å². The standard InChI is InChI=1S/C17H17BrN2O3/c1-2-3-11-19(14-7-5-4-6-8-14)17(21)13-9-10-15(18)16(12-13)20(22)23/h4-10,12H,2-3,11H2,1H3. The highest BCUT2D eigenvalue weighted by atomic mass is 79.9. The van der Waals surface area contributed by atoms with Gasteiger partial charge in [0.15, 0.2) is 0 Å². The second kappa shape index (κ2) is 7.87. The molecule has 2 aromatic rings. The van der Waals surface area contributed by atoms with Gasteiger partial charge < -0.3 is 4.90 Å². The first-order valence-corrected chi connectivity index (χ1v) is 8.14. The summed E-state index contributed by atoms with van der Waals surface area (Å²) in [6, 6.07) is 13.8. The fourth-order valence-electron chi connectivity index (χ4n) is 2.21. The number of halogens is 1. The van der Waals surface area contributed by atoms with Crippen LogP contribution in [0.1, 0.15) is 30.1 Å². The van der Waals surface area contributed by atoms with Gasteiger partial charge in [0.2, 0.25) is 0 Å². The van der Waals surface area contributed by atoms with Gasteiger partial charge >= 0.3 is 0 Å². The first-order chi connectivity index (χ1) is 11.0. The number of carbonyl (C=O) groups is 1. The Labute approximate surface area is 143 Å². The molecule has 0 aliphatic rings. The van der Waals surface area contributed by atoms with Crippen molar-refractivity contribution in [3.8, 4) is 0 Å². The molecular weight excluding hydrogens is 360 g/mol. The minimum Gasteiger partial charge on any atom is -0.308 e. The van der Waals surface area contributed by atoms with Crippen LogP contribution in [0.15, 0.2) is 53.0 Å². The molecule has 0 radical (unpaired) electrons. The van der Waals surface area contributed by atoms with E-state index in [1.807, 2.05) is 30.3 Å². The van der Waals surface area contributed by atoms with Crippen LogP contribution in [-0.2, 0) is 0 Å². The Morgan fingerprint density at radius 1 is 1.22 bits per heavy atom. The van der Waals surface area contributed by atoms with Crippen LogP contribution < -0.4 is 4.90 Å². The van der Waals surface area contributed by atoms with Gasteiger partial charge in [-0.05, 0) is 46.6 Å². The highest BCUT2D eigenvalue weighted by Crippen LogP contribution is 2.27. The van der Waals surface area contributed by atoms with Gasteiger partial charge in [0.25, 0.3) is 11.6 Å². The zero-order chi connectivity index (χ0) is 16.8. The second-order valence-electron chi connectivity index (χ2n) is 5.07. The van der Waals surface area contributed by atoms with Gasteiger partial charge in [0.1, 0.15) is 0 Å². The molecule has 0 aliphatic carbocycles. The monoisotopic (exact) mass is 376 g/mol. The molecule has 2 rings (SSSR count). The molecule has 0 aliphatic heterocycles. The Balaban J connectivity index is 2.37. The first-order valence-electron chi connectivity index (χ1n) is 7.35. The van der Waals surface area contributed by atoms with Crippen molar-refractivity contribution < 1.29 is 9.72 Å². The zero-order valence-corrected chi connectivity index (χ0v) is 14.3. The number of benzene rings is 2. The summed E-state index contributed by atoms with van der Waals surface area (Å²) in [5.74, 6) is -0.236. The van der Waals surface area contributed by atoms with Gasteiger partial charge in [0, 0.05) is 23.9 Å². The number of hydrogen-bond donors (Lipinski definition) is 0. The minimum absolute atomic E-state index is 0.112. The largest absolute Gasteiger partial charge is 0.308 e. The van der Waals surface area contributed by atoms with Gasteiger partial charge in [-0.2, -0.15) is 0 Å². The maximum Gasteiger partial charge on any atom is 0.284 e. The Hall–Kier alpha value is -2.21. The molecule has 0 saturated carbocycles. The summed E-state index contributed by atoms with van der Waals surface area (Å²) in [5, 5.41) is 11.1. The van der Waals surface area contributed by atoms with Crippen LogP contribution in [-0.4, -0.2) is 17.4 Å². The summed E-state index contributed by atoms with van der Waals surface area (Å²) < 4.78 is 0.360. The quantitative estimate of drug-likeness (QED) is 0.536. The Morgan fingerprint density at radius 2 is 1.91 bits per heavy atom. The molecule has 0 N–H and O–H groups in total. The Kier molecular flexibility index (Phi) is 5.87. The van der Waals surface area contributed by atoms with Crippen LogP contribution in [0.25, 0.3) is 0 Å². The smallest absolute Gasteiger partial charge is 0.284 e. The molecule has 0 unspecified atom stereocenters. The highest BCUT2D eigenvalue weighted by molar-refractivity contribution is 9.10. The van der Waals surface area contributed by atoms with Crippen molar-refractivity contribution in [3.63, 3.8) is 0 Å². The van der Waals surface area contributed by atoms with Crippen LogP contribution in [0.2, 0.25) is 0 Å². The zero-order valence-electron chi connectivity index (χ0n) is 12.7. The third-order valence-electron chi connectivity index (χ3n) is 3.44. The molecule has 1 amide bonds. The molecule has 0 saturated heterocycles. The lowest BCUT2D eigenvalue weighted by atomic mass is 10.1. The van der Waals surface area contributed by atoms with Crippen molar-refractivity contribution in [2.24, 2.45) is 0 Å². The Bertz CT molecular complexity index is 704. The van der Waals surface area contributed by atoms with E-state index in [9.17, 15) is 14.9 Å². The van der Waals surface area contributed by atoms with Gasteiger partial charge in [0.05, 0.1) is 9.40 Å². The van der Waals surface area contributed by atoms with E-state index in [0.717, 1.165) is 18.5 Å². The lowest BCUT2D eigenvalue weighted by Gasteiger charge is -2.22. The molecule has 2 aromatic carbocycles. The van der Waals surface area contributed by atoms with Crippen LogP contribution in [0.3, 0.4) is 0 Å². The molecule has 120 valence electrons. The number of amides is 1. The maximum atomic E-state index is 12.8. The fourth-order valence-corrected chi connectivity index (χ4v) is 2.60. The van der Waals surface area contributed by atoms with Crippen molar-refractivity contribution in [3.05, 3.63) is 68.7 Å². The van der Waals surface area contributed by atoms with E-state index in [0.29, 0.717) is 16.6 Å². The summed E-state index contributed by atoms with van der Waals surface area (Å²) in [6.07, 6.45) is 1.82. The van der Waals surface area contributed by atoms with Crippen molar-refractivity contribution in [1.29, 1.82) is 0 Å². The molecule has 5 nitrogen and oxygen atoms in total. The average molecular weight is 377 g/mol. The number of nitro benzene ring substituents is 1. The van der Waals surface area contributed by atoms with Crippen molar-refractivity contribution in [2.75, 3.05) is 11.4 Å². The van der Waals surface area contributed by atoms with E-state index < -0.39 is 4.92 Å². The molecule has 0 spiro atoms. The fraction of sp³-hybridized carbons (Fsp3) is 0.235. The number of hydrogen-bond acceptors (Lipinski definition) is 3. The number of rotatable bonds is 6. The summed E-state index contributed by atoms with van der Waals surface area (Å²) in [7, 11) is 0. The van der Waals surface area contributed by atoms with Gasteiger partial charge in [-0.25, -0.2) is 0 Å². The predicted molar refractivity (Wildman–Crippen MR) is 93.8 cm³/mol. The van der Waals surface area contributed by atoms with Crippen molar-refractivity contribution in [1.82, 2.24) is 0 Å². The molecule has 23 heavy (non-hydrogen) atoms. The highest BCUT2D eigenvalue weighted by Gasteiger charge is 2.21. The molecule has 0 heterocycles. The third-order valence-corrected chi connectivity index (χ3v) is 4.11. The van der Waals surface area contributed by atoms with E-state index in [1.54, 1.807) is 11.0 Å². The number of anilines is 1. The van der Waals surface area contributed by atoms with E-state index in [1.165, 1.54) is 12.1 Å². The van der Waals surface area contributed by atoms with Crippen LogP contribution in [0.4, 0.5) is 11.4 Å². The summed E-state index contributed by atoms with van der Waals surface area (Å²) in [4.78, 5) is 25.0. The number of unbranched alkanes of at least 4 members (excludes halogenated alkanes) is 1. The number of para-hydroxylation sites is 1. The SMILES string of the molecule is CCCCN(C(=O)c1ccc(Br)c([N+](=O)[O-])c1)c1ccccc1. The van der Waals surface area contributed by atoms with Crippen LogP contribution in [0, 0.1) is 10.1 Å². The maximum absolute atomic E-state index is 12.8. The van der Waals surface area contributed by atoms with Crippen molar-refractivity contribution >= 4 is 33.2 Å². The van der Waals surface area contributed by atoms with Crippen molar-refractivity contribution in [2.45, 2.75) is 19.8 Å². The summed E-state index contributed by atoms with van der Waals surface area (Å²) >= 11 is 3.14. The van der Waals surface area contributed by atoms with Gasteiger partial charge in [-0.3, -0.25) is 14.9 Å². The number of carbonyl (C=O) groups excluding carboxylic acids is 1. The lowest BCUT2D eigenvalue weighted by Crippen LogP contribution is -2.31. The minimum atomic E-state index is -0.500. The molecular formula is C17H17BrN2O3. The predicted octanol–water partition coefficient (Wildman–Crippen LogP) is 4.80. The molecule has 0 atom stereocenters. The topological polar surface area (TPSA) is 63.5 Å². The third kappa shape index (κ3) is 4.16. The molecule has 0 bridgehead atoms. The van der Waals surface area contributed by atoms with Crippen LogP contribution in [0.5, 0.6) is 0 Å². The van der Waals surface area contributed by atoms with E-state index in [4.69, 9.17) is 0 Å². The molecule has 6 heteroatoms. The second-order valence-corrected chi connectivity index (χ2v) is 5.92. The van der Waals surface area contributed by atoms with E-state index in [2.05, 4.69) is 22.9 Å². The van der Waals surface area contributed by atoms with Gasteiger partial charge in [-0.15, -0.1) is 0 Å². The average Bonchev–Trinajstić information content (AvgIpc) is 2.56. The normalized spacial score (nSPS) is 10.3. The lowest BCUT2D eigenvalue weighted by molar-refractivity contribution is -0.385. The van der Waals surface area contributed by atoms with E-state index in [-0.39, 0.29) is 11.6 Å². The summed E-state index contributed by atoms with van der Waals surface area (Å²) in [5.41, 5.74) is 0.982. The summed E-state index contributed by atoms with van der Waals surface area (Å²) in [6.45, 7) is 2.63. The number of nitro groups is 1. The molecule has 0 aromatic heterocycles. The first kappa shape index (κ1) is 17.1.